The summed E-state index contributed by atoms with van der Waals surface area (Å²) < 4.78 is 10.7. The van der Waals surface area contributed by atoms with E-state index in [1.54, 1.807) is 24.3 Å². The van der Waals surface area contributed by atoms with E-state index in [1.165, 1.54) is 6.08 Å². The molecule has 4 nitrogen and oxygen atoms in total. The van der Waals surface area contributed by atoms with E-state index in [9.17, 15) is 9.36 Å². The minimum atomic E-state index is -4.16. The molecular formula is C16H15O4P. The minimum absolute atomic E-state index is 0.00622. The lowest BCUT2D eigenvalue weighted by Crippen LogP contribution is -2.03. The van der Waals surface area contributed by atoms with Gasteiger partial charge in [0, 0.05) is 17.8 Å². The fourth-order valence-corrected chi connectivity index (χ4v) is 2.21. The van der Waals surface area contributed by atoms with E-state index in [1.807, 2.05) is 30.3 Å². The largest absolute Gasteiger partial charge is 0.349 e. The maximum atomic E-state index is 12.1. The van der Waals surface area contributed by atoms with E-state index < -0.39 is 7.60 Å². The molecule has 0 spiro atoms. The molecule has 0 saturated heterocycles. The Kier molecular flexibility index (Phi) is 4.86. The molecule has 0 amide bonds. The minimum Gasteiger partial charge on any atom is -0.321 e. The topological polar surface area (TPSA) is 74.6 Å². The lowest BCUT2D eigenvalue weighted by molar-refractivity contribution is 0.0993. The average Bonchev–Trinajstić information content (AvgIpc) is 2.46. The van der Waals surface area contributed by atoms with Gasteiger partial charge >= 0.3 is 7.60 Å². The molecule has 0 fully saturated rings. The Morgan fingerprint density at radius 2 is 1.62 bits per heavy atom. The number of benzene rings is 2. The molecule has 108 valence electrons. The Balaban J connectivity index is 2.07. The average molecular weight is 302 g/mol. The lowest BCUT2D eigenvalue weighted by Gasteiger charge is -2.02. The van der Waals surface area contributed by atoms with E-state index in [4.69, 9.17) is 9.79 Å². The van der Waals surface area contributed by atoms with Gasteiger partial charge in [0.15, 0.2) is 5.78 Å². The second-order valence-corrected chi connectivity index (χ2v) is 6.09. The molecule has 2 rings (SSSR count). The highest BCUT2D eigenvalue weighted by atomic mass is 31.2. The second kappa shape index (κ2) is 6.64. The van der Waals surface area contributed by atoms with Gasteiger partial charge in [0.05, 0.1) is 0 Å². The molecule has 2 aromatic rings. The molecule has 0 aliphatic heterocycles. The van der Waals surface area contributed by atoms with Crippen molar-refractivity contribution < 1.29 is 19.1 Å². The summed E-state index contributed by atoms with van der Waals surface area (Å²) in [6, 6.07) is 16.1. The summed E-state index contributed by atoms with van der Waals surface area (Å²) in [6.45, 7) is 0. The van der Waals surface area contributed by atoms with Gasteiger partial charge in [-0.2, -0.15) is 0 Å². The fourth-order valence-electron chi connectivity index (χ4n) is 1.85. The quantitative estimate of drug-likeness (QED) is 0.656. The van der Waals surface area contributed by atoms with Crippen molar-refractivity contribution in [2.24, 2.45) is 0 Å². The second-order valence-electron chi connectivity index (χ2n) is 4.61. The summed E-state index contributed by atoms with van der Waals surface area (Å²) in [7, 11) is -4.16. The van der Waals surface area contributed by atoms with E-state index in [-0.39, 0.29) is 5.78 Å². The van der Waals surface area contributed by atoms with Crippen molar-refractivity contribution in [3.05, 3.63) is 77.1 Å². The Bertz CT molecular complexity index is 684. The number of ketones is 1. The molecule has 21 heavy (non-hydrogen) atoms. The summed E-state index contributed by atoms with van der Waals surface area (Å²) in [6.07, 6.45) is 1.67. The van der Waals surface area contributed by atoms with Crippen LogP contribution in [0.25, 0.3) is 6.08 Å². The third-order valence-electron chi connectivity index (χ3n) is 2.90. The van der Waals surface area contributed by atoms with Crippen LogP contribution in [0, 0.1) is 0 Å². The van der Waals surface area contributed by atoms with Gasteiger partial charge in [-0.3, -0.25) is 9.36 Å². The van der Waals surface area contributed by atoms with Crippen molar-refractivity contribution in [2.75, 3.05) is 0 Å². The van der Waals surface area contributed by atoms with Crippen LogP contribution in [0.3, 0.4) is 0 Å². The van der Waals surface area contributed by atoms with Crippen LogP contribution in [0.1, 0.15) is 21.5 Å². The van der Waals surface area contributed by atoms with E-state index in [0.717, 1.165) is 11.4 Å². The van der Waals surface area contributed by atoms with Crippen molar-refractivity contribution in [3.63, 3.8) is 0 Å². The van der Waals surface area contributed by atoms with Crippen LogP contribution in [-0.2, 0) is 11.0 Å². The number of carbonyl (C=O) groups excluding carboxylic acids is 1. The van der Waals surface area contributed by atoms with E-state index in [2.05, 4.69) is 0 Å². The van der Waals surface area contributed by atoms with Gasteiger partial charge in [-0.15, -0.1) is 0 Å². The first kappa shape index (κ1) is 15.4. The van der Waals surface area contributed by atoms with Crippen molar-refractivity contribution in [1.29, 1.82) is 0 Å². The molecule has 0 aromatic heterocycles. The predicted octanol–water partition coefficient (Wildman–Crippen LogP) is 3.26. The Morgan fingerprint density at radius 3 is 2.19 bits per heavy atom. The first-order valence-electron chi connectivity index (χ1n) is 6.36. The Hall–Kier alpha value is -2.00. The fraction of sp³-hybridized carbons (Fsp3) is 0.0625. The van der Waals surface area contributed by atoms with Gasteiger partial charge in [0.2, 0.25) is 0 Å². The van der Waals surface area contributed by atoms with Gasteiger partial charge in [0.1, 0.15) is 0 Å². The SMILES string of the molecule is O=C(Cc1ccccc1)c1ccc(/C=C/P(=O)(O)O)cc1. The molecule has 0 bridgehead atoms. The van der Waals surface area contributed by atoms with Crippen LogP contribution in [0.2, 0.25) is 0 Å². The van der Waals surface area contributed by atoms with Crippen LogP contribution in [0.15, 0.2) is 60.4 Å². The Morgan fingerprint density at radius 1 is 1.00 bits per heavy atom. The van der Waals surface area contributed by atoms with Crippen molar-refractivity contribution in [3.8, 4) is 0 Å². The summed E-state index contributed by atoms with van der Waals surface area (Å²) in [5.74, 6) is 0.847. The van der Waals surface area contributed by atoms with E-state index in [0.29, 0.717) is 17.5 Å². The molecule has 0 atom stereocenters. The highest BCUT2D eigenvalue weighted by Crippen LogP contribution is 2.36. The number of hydrogen-bond donors (Lipinski definition) is 2. The summed E-state index contributed by atoms with van der Waals surface area (Å²) in [5, 5.41) is 0. The summed E-state index contributed by atoms with van der Waals surface area (Å²) >= 11 is 0. The third-order valence-corrected chi connectivity index (χ3v) is 3.44. The molecule has 0 aliphatic rings. The van der Waals surface area contributed by atoms with Gasteiger partial charge in [-0.25, -0.2) is 0 Å². The standard InChI is InChI=1S/C16H15O4P/c17-16(12-14-4-2-1-3-5-14)15-8-6-13(7-9-15)10-11-21(18,19)20/h1-11H,12H2,(H2,18,19,20)/b11-10+. The van der Waals surface area contributed by atoms with Gasteiger partial charge in [-0.1, -0.05) is 54.6 Å². The third kappa shape index (κ3) is 5.12. The molecule has 0 saturated carbocycles. The van der Waals surface area contributed by atoms with Crippen LogP contribution in [0.4, 0.5) is 0 Å². The molecule has 5 heteroatoms. The molecule has 2 aromatic carbocycles. The van der Waals surface area contributed by atoms with Crippen LogP contribution in [0.5, 0.6) is 0 Å². The monoisotopic (exact) mass is 302 g/mol. The number of Topliss-reactive ketones (excluding diaryl/α,β-unsaturated/α-hetero) is 1. The molecule has 0 unspecified atom stereocenters. The molecule has 0 aliphatic carbocycles. The maximum absolute atomic E-state index is 12.1. The van der Waals surface area contributed by atoms with Gasteiger partial charge < -0.3 is 9.79 Å². The summed E-state index contributed by atoms with van der Waals surface area (Å²) in [5.41, 5.74) is 2.16. The van der Waals surface area contributed by atoms with Crippen molar-refractivity contribution in [2.45, 2.75) is 6.42 Å². The first-order chi connectivity index (χ1) is 9.94. The smallest absolute Gasteiger partial charge is 0.321 e. The maximum Gasteiger partial charge on any atom is 0.349 e. The highest BCUT2D eigenvalue weighted by molar-refractivity contribution is 7.55. The van der Waals surface area contributed by atoms with Crippen LogP contribution >= 0.6 is 7.60 Å². The molecule has 2 N–H and O–H groups in total. The normalized spacial score (nSPS) is 11.7. The predicted molar refractivity (Wildman–Crippen MR) is 82.0 cm³/mol. The highest BCUT2D eigenvalue weighted by Gasteiger charge is 2.07. The molecule has 0 radical (unpaired) electrons. The molecule has 0 heterocycles. The van der Waals surface area contributed by atoms with Crippen molar-refractivity contribution in [1.82, 2.24) is 0 Å². The van der Waals surface area contributed by atoms with Gasteiger partial charge in [0.25, 0.3) is 0 Å². The summed E-state index contributed by atoms with van der Waals surface area (Å²) in [4.78, 5) is 29.6. The van der Waals surface area contributed by atoms with Crippen LogP contribution in [-0.4, -0.2) is 15.6 Å². The zero-order valence-corrected chi connectivity index (χ0v) is 12.1. The van der Waals surface area contributed by atoms with Gasteiger partial charge in [-0.05, 0) is 17.2 Å². The number of carbonyl (C=O) groups is 1. The zero-order chi connectivity index (χ0) is 15.3. The van der Waals surface area contributed by atoms with E-state index >= 15 is 0 Å². The molecular weight excluding hydrogens is 287 g/mol. The lowest BCUT2D eigenvalue weighted by atomic mass is 10.0. The number of rotatable bonds is 5. The first-order valence-corrected chi connectivity index (χ1v) is 8.04. The zero-order valence-electron chi connectivity index (χ0n) is 11.2. The number of hydrogen-bond acceptors (Lipinski definition) is 2. The van der Waals surface area contributed by atoms with Crippen LogP contribution < -0.4 is 0 Å². The Labute approximate surface area is 122 Å². The van der Waals surface area contributed by atoms with Crippen molar-refractivity contribution >= 4 is 19.5 Å².